The normalized spacial score (nSPS) is 16.5. The maximum absolute atomic E-state index is 13.1. The van der Waals surface area contributed by atoms with Gasteiger partial charge in [0.2, 0.25) is 10.0 Å². The minimum Gasteiger partial charge on any atom is -0.494 e. The molecule has 1 amide bonds. The number of carbonyl (C=O) groups excluding carboxylic acids is 1. The smallest absolute Gasteiger partial charge is 0.258 e. The molecule has 0 saturated carbocycles. The average molecular weight is 529 g/mol. The Bertz CT molecular complexity index is 1370. The van der Waals surface area contributed by atoms with Crippen molar-refractivity contribution in [3.63, 3.8) is 0 Å². The molecule has 1 aliphatic heterocycles. The molecule has 1 fully saturated rings. The first-order chi connectivity index (χ1) is 17.2. The van der Waals surface area contributed by atoms with E-state index in [2.05, 4.69) is 15.1 Å². The molecule has 36 heavy (non-hydrogen) atoms. The summed E-state index contributed by atoms with van der Waals surface area (Å²) >= 11 is 5.89. The number of carbonyl (C=O) groups is 1. The second-order valence-electron chi connectivity index (χ2n) is 8.55. The van der Waals surface area contributed by atoms with Gasteiger partial charge in [0.15, 0.2) is 0 Å². The van der Waals surface area contributed by atoms with E-state index in [-0.39, 0.29) is 11.4 Å². The largest absolute Gasteiger partial charge is 0.494 e. The third kappa shape index (κ3) is 5.33. The van der Waals surface area contributed by atoms with Crippen LogP contribution in [0.1, 0.15) is 36.7 Å². The summed E-state index contributed by atoms with van der Waals surface area (Å²) in [6.45, 7) is 6.80. The van der Waals surface area contributed by atoms with Crippen molar-refractivity contribution in [1.82, 2.24) is 14.3 Å². The second-order valence-corrected chi connectivity index (χ2v) is 10.9. The lowest BCUT2D eigenvalue weighted by Gasteiger charge is -2.22. The highest BCUT2D eigenvalue weighted by Gasteiger charge is 2.39. The van der Waals surface area contributed by atoms with Gasteiger partial charge in [-0.25, -0.2) is 13.8 Å². The highest BCUT2D eigenvalue weighted by molar-refractivity contribution is 7.89. The zero-order valence-electron chi connectivity index (χ0n) is 20.4. The number of halogens is 1. The fraction of sp³-hybridized carbons (Fsp3) is 0.308. The Kier molecular flexibility index (Phi) is 7.82. The van der Waals surface area contributed by atoms with E-state index in [1.807, 2.05) is 51.1 Å². The van der Waals surface area contributed by atoms with Crippen molar-refractivity contribution in [1.29, 1.82) is 0 Å². The fourth-order valence-corrected chi connectivity index (χ4v) is 6.23. The molecule has 1 aliphatic rings. The number of aromatic nitrogens is 1. The molecule has 190 valence electrons. The van der Waals surface area contributed by atoms with E-state index in [0.29, 0.717) is 24.5 Å². The first-order valence-electron chi connectivity index (χ1n) is 11.7. The van der Waals surface area contributed by atoms with Gasteiger partial charge in [-0.1, -0.05) is 11.6 Å². The van der Waals surface area contributed by atoms with Crippen LogP contribution in [0.3, 0.4) is 0 Å². The van der Waals surface area contributed by atoms with E-state index < -0.39 is 22.0 Å². The van der Waals surface area contributed by atoms with Crippen molar-refractivity contribution in [2.24, 2.45) is 5.10 Å². The van der Waals surface area contributed by atoms with Crippen molar-refractivity contribution in [3.05, 3.63) is 76.6 Å². The van der Waals surface area contributed by atoms with Gasteiger partial charge >= 0.3 is 0 Å². The average Bonchev–Trinajstić information content (AvgIpc) is 3.46. The molecule has 2 aromatic carbocycles. The van der Waals surface area contributed by atoms with Gasteiger partial charge in [0, 0.05) is 34.2 Å². The number of benzene rings is 2. The molecule has 0 radical (unpaired) electrons. The third-order valence-electron chi connectivity index (χ3n) is 6.18. The lowest BCUT2D eigenvalue weighted by Crippen LogP contribution is -2.44. The third-order valence-corrected chi connectivity index (χ3v) is 8.36. The number of amides is 1. The van der Waals surface area contributed by atoms with Gasteiger partial charge in [-0.15, -0.1) is 0 Å². The Balaban J connectivity index is 1.46. The number of hydrogen-bond acceptors (Lipinski definition) is 5. The minimum absolute atomic E-state index is 0.108. The standard InChI is InChI=1S/C26H29ClN4O4S/c1-4-35-23-11-9-22(10-12-23)31-18(2)16-20(19(31)3)17-28-29-26(32)25-6-5-15-30(25)36(33,34)24-13-7-21(27)8-14-24/h7-14,16-17,25H,4-6,15H2,1-3H3,(H,29,32)/b28-17-/t25-/m0/s1. The molecule has 8 nitrogen and oxygen atoms in total. The summed E-state index contributed by atoms with van der Waals surface area (Å²) in [4.78, 5) is 13.0. The molecular weight excluding hydrogens is 500 g/mol. The van der Waals surface area contributed by atoms with E-state index in [4.69, 9.17) is 16.3 Å². The Morgan fingerprint density at radius 2 is 1.86 bits per heavy atom. The summed E-state index contributed by atoms with van der Waals surface area (Å²) in [6, 6.07) is 14.9. The Morgan fingerprint density at radius 1 is 1.17 bits per heavy atom. The van der Waals surface area contributed by atoms with Crippen LogP contribution in [0.2, 0.25) is 5.02 Å². The van der Waals surface area contributed by atoms with Gasteiger partial charge in [-0.2, -0.15) is 9.41 Å². The van der Waals surface area contributed by atoms with E-state index >= 15 is 0 Å². The van der Waals surface area contributed by atoms with Crippen molar-refractivity contribution >= 4 is 33.7 Å². The molecule has 0 spiro atoms. The van der Waals surface area contributed by atoms with Gasteiger partial charge in [0.05, 0.1) is 17.7 Å². The zero-order chi connectivity index (χ0) is 25.9. The fourth-order valence-electron chi connectivity index (χ4n) is 4.45. The quantitative estimate of drug-likeness (QED) is 0.345. The van der Waals surface area contributed by atoms with E-state index in [1.165, 1.54) is 28.6 Å². The van der Waals surface area contributed by atoms with E-state index in [0.717, 1.165) is 28.4 Å². The van der Waals surface area contributed by atoms with Crippen LogP contribution in [0.5, 0.6) is 5.75 Å². The lowest BCUT2D eigenvalue weighted by molar-refractivity contribution is -0.124. The molecule has 1 N–H and O–H groups in total. The molecule has 0 aliphatic carbocycles. The molecule has 3 aromatic rings. The number of sulfonamides is 1. The number of hydrogen-bond donors (Lipinski definition) is 1. The van der Waals surface area contributed by atoms with Crippen LogP contribution >= 0.6 is 11.6 Å². The van der Waals surface area contributed by atoms with Gasteiger partial charge in [-0.3, -0.25) is 4.79 Å². The van der Waals surface area contributed by atoms with Crippen molar-refractivity contribution in [2.75, 3.05) is 13.2 Å². The second kappa shape index (κ2) is 10.9. The Morgan fingerprint density at radius 3 is 2.53 bits per heavy atom. The van der Waals surface area contributed by atoms with Crippen molar-refractivity contribution < 1.29 is 17.9 Å². The van der Waals surface area contributed by atoms with Crippen LogP contribution in [0.15, 0.2) is 64.6 Å². The summed E-state index contributed by atoms with van der Waals surface area (Å²) < 4.78 is 35.0. The van der Waals surface area contributed by atoms with Crippen LogP contribution in [-0.4, -0.2) is 48.6 Å². The molecule has 0 unspecified atom stereocenters. The van der Waals surface area contributed by atoms with Crippen LogP contribution in [0.25, 0.3) is 5.69 Å². The predicted molar refractivity (Wildman–Crippen MR) is 141 cm³/mol. The molecular formula is C26H29ClN4O4S. The highest BCUT2D eigenvalue weighted by Crippen LogP contribution is 2.27. The van der Waals surface area contributed by atoms with Crippen LogP contribution in [-0.2, 0) is 14.8 Å². The topological polar surface area (TPSA) is 93.0 Å². The monoisotopic (exact) mass is 528 g/mol. The maximum atomic E-state index is 13.1. The Labute approximate surface area is 216 Å². The van der Waals surface area contributed by atoms with Crippen LogP contribution < -0.4 is 10.2 Å². The summed E-state index contributed by atoms with van der Waals surface area (Å²) in [6.07, 6.45) is 2.61. The number of nitrogens with one attached hydrogen (secondary N) is 1. The van der Waals surface area contributed by atoms with E-state index in [1.54, 1.807) is 6.21 Å². The van der Waals surface area contributed by atoms with Gasteiger partial charge < -0.3 is 9.30 Å². The molecule has 1 aromatic heterocycles. The van der Waals surface area contributed by atoms with Gasteiger partial charge in [-0.05, 0) is 88.2 Å². The summed E-state index contributed by atoms with van der Waals surface area (Å²) in [5.74, 6) is 0.355. The van der Waals surface area contributed by atoms with Gasteiger partial charge in [0.1, 0.15) is 11.8 Å². The predicted octanol–water partition coefficient (Wildman–Crippen LogP) is 4.45. The molecule has 1 atom stereocenters. The van der Waals surface area contributed by atoms with Crippen LogP contribution in [0.4, 0.5) is 0 Å². The molecule has 0 bridgehead atoms. The summed E-state index contributed by atoms with van der Waals surface area (Å²) in [5.41, 5.74) is 6.34. The number of nitrogens with zero attached hydrogens (tertiary/aromatic N) is 3. The van der Waals surface area contributed by atoms with Crippen molar-refractivity contribution in [3.8, 4) is 11.4 Å². The van der Waals surface area contributed by atoms with Gasteiger partial charge in [0.25, 0.3) is 5.91 Å². The lowest BCUT2D eigenvalue weighted by atomic mass is 10.2. The molecule has 1 saturated heterocycles. The first kappa shape index (κ1) is 25.9. The number of aryl methyl sites for hydroxylation is 1. The Hall–Kier alpha value is -3.14. The summed E-state index contributed by atoms with van der Waals surface area (Å²) in [5, 5.41) is 4.58. The summed E-state index contributed by atoms with van der Waals surface area (Å²) in [7, 11) is -3.82. The van der Waals surface area contributed by atoms with Crippen molar-refractivity contribution in [2.45, 2.75) is 44.6 Å². The number of rotatable bonds is 8. The molecule has 10 heteroatoms. The maximum Gasteiger partial charge on any atom is 0.258 e. The number of hydrazone groups is 1. The number of ether oxygens (including phenoxy) is 1. The minimum atomic E-state index is -3.82. The van der Waals surface area contributed by atoms with E-state index in [9.17, 15) is 13.2 Å². The highest BCUT2D eigenvalue weighted by atomic mass is 35.5. The molecule has 2 heterocycles. The zero-order valence-corrected chi connectivity index (χ0v) is 22.0. The first-order valence-corrected chi connectivity index (χ1v) is 13.6. The molecule has 4 rings (SSSR count). The van der Waals surface area contributed by atoms with Crippen LogP contribution in [0, 0.1) is 13.8 Å². The SMILES string of the molecule is CCOc1ccc(-n2c(C)cc(/C=N\NC(=O)[C@@H]3CCCN3S(=O)(=O)c3ccc(Cl)cc3)c2C)cc1.